The van der Waals surface area contributed by atoms with Crippen LogP contribution in [0.4, 0.5) is 0 Å². The van der Waals surface area contributed by atoms with Crippen molar-refractivity contribution in [2.75, 3.05) is 6.61 Å². The van der Waals surface area contributed by atoms with Crippen LogP contribution in [0.5, 0.6) is 0 Å². The van der Waals surface area contributed by atoms with Gasteiger partial charge in [0, 0.05) is 0 Å². The summed E-state index contributed by atoms with van der Waals surface area (Å²) in [5.41, 5.74) is 0. The number of aliphatic hydroxyl groups excluding tert-OH is 1. The Morgan fingerprint density at radius 2 is 1.18 bits per heavy atom. The van der Waals surface area contributed by atoms with E-state index in [1.54, 1.807) is 0 Å². The molecule has 1 fully saturated rings. The highest BCUT2D eigenvalue weighted by Crippen LogP contribution is 2.33. The summed E-state index contributed by atoms with van der Waals surface area (Å²) in [6.45, 7) is 26.2. The first-order valence-corrected chi connectivity index (χ1v) is 23.9. The Bertz CT molecular complexity index is 492. The fourth-order valence-corrected chi connectivity index (χ4v) is 6.95. The molecule has 0 unspecified atom stereocenters. The van der Waals surface area contributed by atoms with E-state index < -0.39 is 51.8 Å². The molecule has 0 radical (unpaired) electrons. The molecule has 28 heavy (non-hydrogen) atoms. The van der Waals surface area contributed by atoms with Crippen molar-refractivity contribution in [1.29, 1.82) is 0 Å². The summed E-state index contributed by atoms with van der Waals surface area (Å²) in [6, 6.07) is 0. The van der Waals surface area contributed by atoms with Crippen LogP contribution >= 0.6 is 0 Å². The van der Waals surface area contributed by atoms with Crippen LogP contribution in [0.2, 0.25) is 78.6 Å². The van der Waals surface area contributed by atoms with Crippen molar-refractivity contribution in [3.63, 3.8) is 0 Å². The second-order valence-electron chi connectivity index (χ2n) is 11.6. The molecule has 5 atom stereocenters. The standard InChI is InChI=1S/C18H44O6Si4/c1-25(2,3)20-13-14(22-26(4,5)6)15-16(23-27(7,8)9)17(18(19)21-15)24-28(10,11)12/h14-19H,13H2,1-12H3/t14-,15-,16-,17+,18-/m0/s1. The lowest BCUT2D eigenvalue weighted by molar-refractivity contribution is -0.144. The summed E-state index contributed by atoms with van der Waals surface area (Å²) in [4.78, 5) is 0. The number of hydrogen-bond donors (Lipinski definition) is 1. The summed E-state index contributed by atoms with van der Waals surface area (Å²) in [5.74, 6) is 0. The first-order chi connectivity index (χ1) is 12.3. The predicted molar refractivity (Wildman–Crippen MR) is 125 cm³/mol. The van der Waals surface area contributed by atoms with E-state index in [9.17, 15) is 5.11 Å². The Morgan fingerprint density at radius 1 is 0.714 bits per heavy atom. The molecule has 6 nitrogen and oxygen atoms in total. The van der Waals surface area contributed by atoms with Crippen LogP contribution < -0.4 is 0 Å². The fourth-order valence-electron chi connectivity index (χ4n) is 3.02. The first kappa shape index (κ1) is 26.7. The van der Waals surface area contributed by atoms with Crippen LogP contribution in [0.1, 0.15) is 0 Å². The number of ether oxygens (including phenoxy) is 1. The van der Waals surface area contributed by atoms with Gasteiger partial charge in [0.05, 0.1) is 12.7 Å². The summed E-state index contributed by atoms with van der Waals surface area (Å²) in [5, 5.41) is 10.7. The number of hydrogen-bond acceptors (Lipinski definition) is 6. The molecule has 1 aliphatic rings. The second-order valence-corrected chi connectivity index (χ2v) is 29.5. The number of rotatable bonds is 10. The minimum absolute atomic E-state index is 0.287. The van der Waals surface area contributed by atoms with Crippen LogP contribution in [0.15, 0.2) is 0 Å². The van der Waals surface area contributed by atoms with E-state index in [0.29, 0.717) is 6.61 Å². The van der Waals surface area contributed by atoms with E-state index in [1.807, 2.05) is 0 Å². The third-order valence-electron chi connectivity index (χ3n) is 3.76. The fraction of sp³-hybridized carbons (Fsp3) is 1.00. The lowest BCUT2D eigenvalue weighted by atomic mass is 10.1. The summed E-state index contributed by atoms with van der Waals surface area (Å²) < 4.78 is 31.5. The van der Waals surface area contributed by atoms with Crippen LogP contribution in [-0.2, 0) is 22.4 Å². The lowest BCUT2D eigenvalue weighted by Crippen LogP contribution is -2.53. The van der Waals surface area contributed by atoms with Gasteiger partial charge >= 0.3 is 0 Å². The van der Waals surface area contributed by atoms with Crippen molar-refractivity contribution in [2.24, 2.45) is 0 Å². The highest BCUT2D eigenvalue weighted by Gasteiger charge is 2.52. The Labute approximate surface area is 176 Å². The van der Waals surface area contributed by atoms with Crippen molar-refractivity contribution in [3.8, 4) is 0 Å². The number of aliphatic hydroxyl groups is 1. The van der Waals surface area contributed by atoms with Crippen molar-refractivity contribution < 1.29 is 27.5 Å². The lowest BCUT2D eigenvalue weighted by Gasteiger charge is -2.37. The molecule has 1 heterocycles. The normalized spacial score (nSPS) is 28.6. The Balaban J connectivity index is 3.18. The average molecular weight is 469 g/mol. The Kier molecular flexibility index (Phi) is 8.96. The Hall–Kier alpha value is 0.628. The zero-order valence-electron chi connectivity index (χ0n) is 20.1. The van der Waals surface area contributed by atoms with Gasteiger partial charge in [0.1, 0.15) is 18.3 Å². The Morgan fingerprint density at radius 3 is 1.57 bits per heavy atom. The quantitative estimate of drug-likeness (QED) is 0.484. The van der Waals surface area contributed by atoms with E-state index >= 15 is 0 Å². The molecule has 0 aromatic heterocycles. The SMILES string of the molecule is C[Si](C)(C)OC[C@H](O[Si](C)(C)C)[C@@H]1O[C@H](O)[C@H](O[Si](C)(C)C)[C@H]1O[Si](C)(C)C. The summed E-state index contributed by atoms with van der Waals surface area (Å²) >= 11 is 0. The highest BCUT2D eigenvalue weighted by molar-refractivity contribution is 6.71. The third-order valence-corrected chi connectivity index (χ3v) is 7.76. The average Bonchev–Trinajstić information content (AvgIpc) is 2.66. The maximum absolute atomic E-state index is 10.7. The first-order valence-electron chi connectivity index (χ1n) is 10.3. The molecule has 0 spiro atoms. The molecule has 0 aliphatic carbocycles. The van der Waals surface area contributed by atoms with Gasteiger partial charge in [-0.3, -0.25) is 0 Å². The monoisotopic (exact) mass is 468 g/mol. The minimum Gasteiger partial charge on any atom is -0.415 e. The van der Waals surface area contributed by atoms with Gasteiger partial charge in [0.25, 0.3) is 0 Å². The molecule has 0 bridgehead atoms. The molecule has 0 saturated carbocycles. The molecule has 10 heteroatoms. The topological polar surface area (TPSA) is 66.4 Å². The zero-order valence-corrected chi connectivity index (χ0v) is 24.1. The molecule has 0 aromatic rings. The molecular weight excluding hydrogens is 425 g/mol. The van der Waals surface area contributed by atoms with Crippen molar-refractivity contribution >= 4 is 33.3 Å². The maximum Gasteiger partial charge on any atom is 0.184 e. The van der Waals surface area contributed by atoms with E-state index in [1.165, 1.54) is 0 Å². The largest absolute Gasteiger partial charge is 0.415 e. The van der Waals surface area contributed by atoms with Gasteiger partial charge in [-0.15, -0.1) is 0 Å². The molecule has 1 rings (SSSR count). The van der Waals surface area contributed by atoms with E-state index in [-0.39, 0.29) is 12.2 Å². The van der Waals surface area contributed by atoms with Gasteiger partial charge in [0.15, 0.2) is 39.6 Å². The predicted octanol–water partition coefficient (Wildman–Crippen LogP) is 4.22. The molecule has 0 aromatic carbocycles. The van der Waals surface area contributed by atoms with E-state index in [0.717, 1.165) is 0 Å². The van der Waals surface area contributed by atoms with E-state index in [2.05, 4.69) is 78.6 Å². The van der Waals surface area contributed by atoms with Crippen molar-refractivity contribution in [2.45, 2.75) is 109 Å². The maximum atomic E-state index is 10.7. The second kappa shape index (κ2) is 9.41. The van der Waals surface area contributed by atoms with Gasteiger partial charge in [-0.1, -0.05) is 0 Å². The molecule has 168 valence electrons. The van der Waals surface area contributed by atoms with Gasteiger partial charge < -0.3 is 27.5 Å². The summed E-state index contributed by atoms with van der Waals surface area (Å²) in [7, 11) is -7.40. The van der Waals surface area contributed by atoms with Crippen LogP contribution in [0, 0.1) is 0 Å². The van der Waals surface area contributed by atoms with Crippen LogP contribution in [0.25, 0.3) is 0 Å². The van der Waals surface area contributed by atoms with Crippen LogP contribution in [-0.4, -0.2) is 75.7 Å². The minimum atomic E-state index is -1.91. The van der Waals surface area contributed by atoms with Crippen molar-refractivity contribution in [1.82, 2.24) is 0 Å². The molecule has 1 N–H and O–H groups in total. The van der Waals surface area contributed by atoms with Gasteiger partial charge in [-0.05, 0) is 78.6 Å². The molecular formula is C18H44O6Si4. The smallest absolute Gasteiger partial charge is 0.184 e. The van der Waals surface area contributed by atoms with Gasteiger partial charge in [-0.25, -0.2) is 0 Å². The van der Waals surface area contributed by atoms with Crippen LogP contribution in [0.3, 0.4) is 0 Å². The van der Waals surface area contributed by atoms with E-state index in [4.69, 9.17) is 22.4 Å². The molecule has 0 amide bonds. The summed E-state index contributed by atoms with van der Waals surface area (Å²) in [6.07, 6.45) is -2.57. The zero-order chi connectivity index (χ0) is 22.1. The highest BCUT2D eigenvalue weighted by atomic mass is 28.4. The van der Waals surface area contributed by atoms with Gasteiger partial charge in [0.2, 0.25) is 0 Å². The van der Waals surface area contributed by atoms with Crippen molar-refractivity contribution in [3.05, 3.63) is 0 Å². The third kappa shape index (κ3) is 10.1. The molecule has 1 aliphatic heterocycles. The molecule has 1 saturated heterocycles. The van der Waals surface area contributed by atoms with Gasteiger partial charge in [-0.2, -0.15) is 0 Å².